The highest BCUT2D eigenvalue weighted by atomic mass is 16.2. The van der Waals surface area contributed by atoms with E-state index in [1.807, 2.05) is 27.7 Å². The van der Waals surface area contributed by atoms with Gasteiger partial charge in [0.25, 0.3) is 0 Å². The third-order valence-electron chi connectivity index (χ3n) is 2.57. The Bertz CT molecular complexity index is 301. The van der Waals surface area contributed by atoms with Crippen LogP contribution in [0.3, 0.4) is 0 Å². The highest BCUT2D eigenvalue weighted by Gasteiger charge is 2.24. The number of hydrogen-bond donors (Lipinski definition) is 2. The van der Waals surface area contributed by atoms with E-state index in [0.717, 1.165) is 6.29 Å². The summed E-state index contributed by atoms with van der Waals surface area (Å²) in [6, 6.07) is -1.09. The normalized spacial score (nSPS) is 14.2. The Morgan fingerprint density at radius 2 is 1.67 bits per heavy atom. The van der Waals surface area contributed by atoms with Gasteiger partial charge in [-0.3, -0.25) is 9.59 Å². The van der Waals surface area contributed by atoms with Gasteiger partial charge in [0.15, 0.2) is 0 Å². The molecule has 2 atom stereocenters. The first kappa shape index (κ1) is 16.6. The number of nitrogens with one attached hydrogen (secondary N) is 2. The van der Waals surface area contributed by atoms with Crippen LogP contribution in [0, 0.1) is 11.8 Å². The first-order chi connectivity index (χ1) is 8.27. The summed E-state index contributed by atoms with van der Waals surface area (Å²) in [7, 11) is 0. The molecule has 18 heavy (non-hydrogen) atoms. The summed E-state index contributed by atoms with van der Waals surface area (Å²) in [6.45, 7) is 9.04. The molecule has 5 nitrogen and oxygen atoms in total. The lowest BCUT2D eigenvalue weighted by molar-refractivity contribution is -0.130. The Hall–Kier alpha value is -1.39. The molecular formula is C13H24N2O3. The summed E-state index contributed by atoms with van der Waals surface area (Å²) >= 11 is 0. The molecule has 0 aromatic carbocycles. The van der Waals surface area contributed by atoms with E-state index in [9.17, 15) is 14.4 Å². The smallest absolute Gasteiger partial charge is 0.243 e. The quantitative estimate of drug-likeness (QED) is 0.664. The van der Waals surface area contributed by atoms with Gasteiger partial charge < -0.3 is 15.4 Å². The number of aldehydes is 1. The second-order valence-electron chi connectivity index (χ2n) is 5.30. The lowest BCUT2D eigenvalue weighted by atomic mass is 10.0. The van der Waals surface area contributed by atoms with Crippen LogP contribution < -0.4 is 10.6 Å². The highest BCUT2D eigenvalue weighted by molar-refractivity contribution is 5.88. The first-order valence-electron chi connectivity index (χ1n) is 6.30. The van der Waals surface area contributed by atoms with Crippen molar-refractivity contribution < 1.29 is 14.4 Å². The predicted molar refractivity (Wildman–Crippen MR) is 69.9 cm³/mol. The summed E-state index contributed by atoms with van der Waals surface area (Å²) in [5.74, 6) is -0.238. The SMILES string of the molecule is CC(=O)N[C@@H](CC(C)C)C(=O)N[C@H](C=O)C(C)C. The zero-order valence-corrected chi connectivity index (χ0v) is 11.8. The van der Waals surface area contributed by atoms with Gasteiger partial charge in [-0.05, 0) is 18.3 Å². The van der Waals surface area contributed by atoms with Crippen LogP contribution >= 0.6 is 0 Å². The molecule has 5 heteroatoms. The third-order valence-corrected chi connectivity index (χ3v) is 2.57. The maximum absolute atomic E-state index is 12.0. The Morgan fingerprint density at radius 3 is 2.00 bits per heavy atom. The fourth-order valence-corrected chi connectivity index (χ4v) is 1.57. The second-order valence-corrected chi connectivity index (χ2v) is 5.30. The molecule has 0 aromatic rings. The maximum atomic E-state index is 12.0. The highest BCUT2D eigenvalue weighted by Crippen LogP contribution is 2.06. The van der Waals surface area contributed by atoms with Crippen LogP contribution in [-0.4, -0.2) is 30.2 Å². The van der Waals surface area contributed by atoms with Crippen molar-refractivity contribution in [3.05, 3.63) is 0 Å². The Kier molecular flexibility index (Phi) is 7.24. The molecule has 0 saturated carbocycles. The molecular weight excluding hydrogens is 232 g/mol. The molecule has 0 saturated heterocycles. The average molecular weight is 256 g/mol. The Balaban J connectivity index is 4.63. The van der Waals surface area contributed by atoms with Gasteiger partial charge in [0.2, 0.25) is 11.8 Å². The average Bonchev–Trinajstić information content (AvgIpc) is 2.22. The maximum Gasteiger partial charge on any atom is 0.243 e. The van der Waals surface area contributed by atoms with Crippen LogP contribution in [0.4, 0.5) is 0 Å². The van der Waals surface area contributed by atoms with Gasteiger partial charge in [-0.1, -0.05) is 27.7 Å². The van der Waals surface area contributed by atoms with Crippen LogP contribution in [0.15, 0.2) is 0 Å². The van der Waals surface area contributed by atoms with E-state index in [0.29, 0.717) is 6.42 Å². The van der Waals surface area contributed by atoms with Crippen molar-refractivity contribution in [2.45, 2.75) is 53.1 Å². The lowest BCUT2D eigenvalue weighted by Gasteiger charge is -2.23. The minimum Gasteiger partial charge on any atom is -0.345 e. The van der Waals surface area contributed by atoms with E-state index in [4.69, 9.17) is 0 Å². The number of carbonyl (C=O) groups is 3. The van der Waals surface area contributed by atoms with Crippen LogP contribution in [0.5, 0.6) is 0 Å². The van der Waals surface area contributed by atoms with Crippen molar-refractivity contribution in [3.8, 4) is 0 Å². The molecule has 104 valence electrons. The summed E-state index contributed by atoms with van der Waals surface area (Å²) < 4.78 is 0. The molecule has 0 aromatic heterocycles. The number of carbonyl (C=O) groups excluding carboxylic acids is 3. The van der Waals surface area contributed by atoms with Gasteiger partial charge in [0.05, 0.1) is 6.04 Å². The third kappa shape index (κ3) is 6.37. The Morgan fingerprint density at radius 1 is 1.11 bits per heavy atom. The summed E-state index contributed by atoms with van der Waals surface area (Å²) in [6.07, 6.45) is 1.28. The zero-order valence-electron chi connectivity index (χ0n) is 11.8. The molecule has 0 unspecified atom stereocenters. The summed E-state index contributed by atoms with van der Waals surface area (Å²) in [5.41, 5.74) is 0. The fourth-order valence-electron chi connectivity index (χ4n) is 1.57. The van der Waals surface area contributed by atoms with Gasteiger partial charge in [-0.2, -0.15) is 0 Å². The van der Waals surface area contributed by atoms with Gasteiger partial charge in [-0.25, -0.2) is 0 Å². The zero-order chi connectivity index (χ0) is 14.3. The van der Waals surface area contributed by atoms with E-state index in [2.05, 4.69) is 10.6 Å². The molecule has 0 aliphatic heterocycles. The molecule has 2 amide bonds. The van der Waals surface area contributed by atoms with Gasteiger partial charge in [0.1, 0.15) is 12.3 Å². The molecule has 0 aliphatic carbocycles. The van der Waals surface area contributed by atoms with E-state index in [1.54, 1.807) is 0 Å². The van der Waals surface area contributed by atoms with Crippen LogP contribution in [0.1, 0.15) is 41.0 Å². The van der Waals surface area contributed by atoms with Gasteiger partial charge in [-0.15, -0.1) is 0 Å². The minimum absolute atomic E-state index is 0.0310. The van der Waals surface area contributed by atoms with Gasteiger partial charge >= 0.3 is 0 Å². The van der Waals surface area contributed by atoms with Crippen LogP contribution in [-0.2, 0) is 14.4 Å². The Labute approximate surface area is 109 Å². The minimum atomic E-state index is -0.580. The van der Waals surface area contributed by atoms with Crippen molar-refractivity contribution in [1.29, 1.82) is 0 Å². The topological polar surface area (TPSA) is 75.3 Å². The van der Waals surface area contributed by atoms with Crippen LogP contribution in [0.25, 0.3) is 0 Å². The second kappa shape index (κ2) is 7.84. The monoisotopic (exact) mass is 256 g/mol. The molecule has 0 spiro atoms. The van der Waals surface area contributed by atoms with Crippen LogP contribution in [0.2, 0.25) is 0 Å². The van der Waals surface area contributed by atoms with E-state index in [-0.39, 0.29) is 23.7 Å². The van der Waals surface area contributed by atoms with E-state index < -0.39 is 12.1 Å². The molecule has 0 radical (unpaired) electrons. The first-order valence-corrected chi connectivity index (χ1v) is 6.30. The number of rotatable bonds is 7. The van der Waals surface area contributed by atoms with Crippen molar-refractivity contribution in [3.63, 3.8) is 0 Å². The van der Waals surface area contributed by atoms with Crippen molar-refractivity contribution in [2.75, 3.05) is 0 Å². The standard InChI is InChI=1S/C13H24N2O3/c1-8(2)6-11(14-10(5)17)13(18)15-12(7-16)9(3)4/h7-9,11-12H,6H2,1-5H3,(H,14,17)(H,15,18)/t11-,12+/m0/s1. The predicted octanol–water partition coefficient (Wildman–Crippen LogP) is 0.877. The largest absolute Gasteiger partial charge is 0.345 e. The van der Waals surface area contributed by atoms with E-state index in [1.165, 1.54) is 6.92 Å². The number of amides is 2. The summed E-state index contributed by atoms with van der Waals surface area (Å²) in [4.78, 5) is 33.9. The van der Waals surface area contributed by atoms with Crippen molar-refractivity contribution in [2.24, 2.45) is 11.8 Å². The van der Waals surface area contributed by atoms with E-state index >= 15 is 0 Å². The van der Waals surface area contributed by atoms with Crippen molar-refractivity contribution in [1.82, 2.24) is 10.6 Å². The molecule has 0 aliphatic rings. The number of hydrogen-bond acceptors (Lipinski definition) is 3. The molecule has 0 heterocycles. The molecule has 0 rings (SSSR count). The molecule has 0 bridgehead atoms. The molecule has 2 N–H and O–H groups in total. The van der Waals surface area contributed by atoms with Gasteiger partial charge in [0, 0.05) is 6.92 Å². The van der Waals surface area contributed by atoms with Crippen molar-refractivity contribution >= 4 is 18.1 Å². The fraction of sp³-hybridized carbons (Fsp3) is 0.769. The molecule has 0 fully saturated rings. The summed E-state index contributed by atoms with van der Waals surface area (Å²) in [5, 5.41) is 5.27. The lowest BCUT2D eigenvalue weighted by Crippen LogP contribution is -2.51.